The van der Waals surface area contributed by atoms with Crippen molar-refractivity contribution in [3.05, 3.63) is 23.8 Å². The number of hydrogen-bond donors (Lipinski definition) is 2. The molecule has 0 aromatic carbocycles. The number of rotatable bonds is 11. The van der Waals surface area contributed by atoms with Crippen molar-refractivity contribution < 1.29 is 15.0 Å². The molecule has 0 aromatic rings. The molecule has 0 saturated heterocycles. The minimum atomic E-state index is -0.469. The van der Waals surface area contributed by atoms with Crippen LogP contribution in [0.1, 0.15) is 78.6 Å². The van der Waals surface area contributed by atoms with Crippen molar-refractivity contribution in [3.8, 4) is 0 Å². The maximum atomic E-state index is 11.7. The first-order valence-electron chi connectivity index (χ1n) is 11.6. The highest BCUT2D eigenvalue weighted by Crippen LogP contribution is 2.48. The molecule has 2 N–H and O–H groups in total. The number of allylic oxidation sites excluding steroid dienone is 2. The van der Waals surface area contributed by atoms with Gasteiger partial charge in [0.25, 0.3) is 0 Å². The number of aliphatic hydroxyl groups is 2. The monoisotopic (exact) mass is 405 g/mol. The second-order valence-electron chi connectivity index (χ2n) is 10.2. The van der Waals surface area contributed by atoms with Crippen LogP contribution in [0.25, 0.3) is 0 Å². The zero-order valence-electron chi connectivity index (χ0n) is 19.2. The maximum Gasteiger partial charge on any atom is 0.222 e. The van der Waals surface area contributed by atoms with Crippen LogP contribution < -0.4 is 0 Å². The Bertz CT molecular complexity index is 593. The van der Waals surface area contributed by atoms with Crippen LogP contribution in [-0.4, -0.2) is 47.3 Å². The van der Waals surface area contributed by atoms with E-state index in [9.17, 15) is 15.0 Å². The molecule has 0 heterocycles. The smallest absolute Gasteiger partial charge is 0.222 e. The van der Waals surface area contributed by atoms with Crippen molar-refractivity contribution in [3.63, 3.8) is 0 Å². The third-order valence-electron chi connectivity index (χ3n) is 7.08. The van der Waals surface area contributed by atoms with Crippen molar-refractivity contribution in [2.24, 2.45) is 23.2 Å². The minimum absolute atomic E-state index is 0.126. The molecule has 2 rings (SSSR count). The third kappa shape index (κ3) is 6.68. The van der Waals surface area contributed by atoms with Crippen molar-refractivity contribution in [2.45, 2.75) is 90.8 Å². The highest BCUT2D eigenvalue weighted by molar-refractivity contribution is 5.75. The molecule has 4 nitrogen and oxygen atoms in total. The zero-order valence-corrected chi connectivity index (χ0v) is 19.2. The lowest BCUT2D eigenvalue weighted by Gasteiger charge is -2.29. The lowest BCUT2D eigenvalue weighted by atomic mass is 9.80. The molecule has 1 saturated carbocycles. The summed E-state index contributed by atoms with van der Waals surface area (Å²) < 4.78 is 0. The van der Waals surface area contributed by atoms with Crippen molar-refractivity contribution >= 4 is 5.91 Å². The molecule has 29 heavy (non-hydrogen) atoms. The van der Waals surface area contributed by atoms with Gasteiger partial charge < -0.3 is 15.1 Å². The summed E-state index contributed by atoms with van der Waals surface area (Å²) in [4.78, 5) is 13.4. The van der Waals surface area contributed by atoms with Crippen molar-refractivity contribution in [1.82, 2.24) is 4.90 Å². The second-order valence-corrected chi connectivity index (χ2v) is 10.2. The lowest BCUT2D eigenvalue weighted by Crippen LogP contribution is -2.28. The maximum absolute atomic E-state index is 11.7. The Hall–Kier alpha value is -1.13. The van der Waals surface area contributed by atoms with E-state index < -0.39 is 6.10 Å². The molecular formula is C25H43NO3. The largest absolute Gasteiger partial charge is 0.392 e. The molecule has 2 aliphatic rings. The molecule has 0 unspecified atom stereocenters. The molecule has 166 valence electrons. The van der Waals surface area contributed by atoms with E-state index in [1.807, 2.05) is 20.2 Å². The van der Waals surface area contributed by atoms with E-state index in [1.165, 1.54) is 5.57 Å². The van der Waals surface area contributed by atoms with Crippen LogP contribution in [0.2, 0.25) is 0 Å². The predicted octanol–water partition coefficient (Wildman–Crippen LogP) is 4.71. The summed E-state index contributed by atoms with van der Waals surface area (Å²) >= 11 is 0. The Balaban J connectivity index is 1.84. The van der Waals surface area contributed by atoms with Crippen LogP contribution in [-0.2, 0) is 4.79 Å². The van der Waals surface area contributed by atoms with Crippen molar-refractivity contribution in [2.75, 3.05) is 14.1 Å². The number of unbranched alkanes of at least 4 members (excludes halogenated alkanes) is 2. The number of carbonyl (C=O) groups excluding carboxylic acids is 1. The van der Waals surface area contributed by atoms with E-state index in [0.29, 0.717) is 18.3 Å². The molecular weight excluding hydrogens is 362 g/mol. The summed E-state index contributed by atoms with van der Waals surface area (Å²) in [7, 11) is 3.62. The highest BCUT2D eigenvalue weighted by Gasteiger charge is 2.43. The van der Waals surface area contributed by atoms with Gasteiger partial charge in [-0.25, -0.2) is 0 Å². The van der Waals surface area contributed by atoms with Gasteiger partial charge in [-0.05, 0) is 55.8 Å². The number of nitrogens with zero attached hydrogens (tertiary/aromatic N) is 1. The highest BCUT2D eigenvalue weighted by atomic mass is 16.3. The first kappa shape index (κ1) is 24.1. The number of fused-ring (bicyclic) bond motifs is 1. The normalized spacial score (nSPS) is 27.9. The van der Waals surface area contributed by atoms with Gasteiger partial charge in [0.2, 0.25) is 5.91 Å². The fourth-order valence-corrected chi connectivity index (χ4v) is 4.92. The molecule has 4 heteroatoms. The van der Waals surface area contributed by atoms with Crippen LogP contribution in [0.3, 0.4) is 0 Å². The summed E-state index contributed by atoms with van der Waals surface area (Å²) in [6.07, 6.45) is 14.5. The van der Waals surface area contributed by atoms with Crippen LogP contribution in [0.4, 0.5) is 0 Å². The Morgan fingerprint density at radius 1 is 1.31 bits per heavy atom. The van der Waals surface area contributed by atoms with E-state index in [2.05, 4.69) is 32.9 Å². The van der Waals surface area contributed by atoms with Crippen LogP contribution >= 0.6 is 0 Å². The second kappa shape index (κ2) is 10.8. The van der Waals surface area contributed by atoms with Gasteiger partial charge in [-0.1, -0.05) is 57.4 Å². The van der Waals surface area contributed by atoms with Gasteiger partial charge in [0.05, 0.1) is 12.2 Å². The fraction of sp³-hybridized carbons (Fsp3) is 0.800. The van der Waals surface area contributed by atoms with Gasteiger partial charge in [0, 0.05) is 26.4 Å². The molecule has 5 atom stereocenters. The first-order valence-corrected chi connectivity index (χ1v) is 11.6. The molecule has 1 amide bonds. The number of aliphatic hydroxyl groups excluding tert-OH is 2. The van der Waals surface area contributed by atoms with Crippen LogP contribution in [0.5, 0.6) is 0 Å². The minimum Gasteiger partial charge on any atom is -0.392 e. The van der Waals surface area contributed by atoms with Crippen molar-refractivity contribution in [1.29, 1.82) is 0 Å². The van der Waals surface area contributed by atoms with Gasteiger partial charge >= 0.3 is 0 Å². The molecule has 0 bridgehead atoms. The third-order valence-corrected chi connectivity index (χ3v) is 7.08. The molecule has 0 aromatic heterocycles. The fourth-order valence-electron chi connectivity index (χ4n) is 4.92. The Kier molecular flexibility index (Phi) is 8.96. The van der Waals surface area contributed by atoms with E-state index in [-0.39, 0.29) is 23.3 Å². The number of carbonyl (C=O) groups is 1. The summed E-state index contributed by atoms with van der Waals surface area (Å²) in [5.41, 5.74) is 1.37. The molecule has 0 spiro atoms. The topological polar surface area (TPSA) is 60.8 Å². The Morgan fingerprint density at radius 3 is 2.69 bits per heavy atom. The van der Waals surface area contributed by atoms with Crippen LogP contribution in [0, 0.1) is 23.2 Å². The van der Waals surface area contributed by atoms with E-state index in [4.69, 9.17) is 0 Å². The summed E-state index contributed by atoms with van der Waals surface area (Å²) in [5.74, 6) is 1.27. The van der Waals surface area contributed by atoms with Gasteiger partial charge in [-0.2, -0.15) is 0 Å². The van der Waals surface area contributed by atoms with E-state index in [1.54, 1.807) is 4.90 Å². The van der Waals surface area contributed by atoms with E-state index in [0.717, 1.165) is 51.4 Å². The Labute approximate surface area is 178 Å². The molecule has 0 aliphatic heterocycles. The predicted molar refractivity (Wildman–Crippen MR) is 119 cm³/mol. The van der Waals surface area contributed by atoms with Gasteiger partial charge in [0.1, 0.15) is 0 Å². The van der Waals surface area contributed by atoms with Gasteiger partial charge in [-0.3, -0.25) is 4.79 Å². The lowest BCUT2D eigenvalue weighted by molar-refractivity contribution is -0.128. The SMILES string of the molecule is CCCCC(C)(C)[C@H](O)/C=C/[C@@H]1[C@H]2CC(CCCCC(=O)N(C)C)=C[C@H]2C[C@H]1O. The van der Waals surface area contributed by atoms with Gasteiger partial charge in [0.15, 0.2) is 0 Å². The van der Waals surface area contributed by atoms with E-state index >= 15 is 0 Å². The quantitative estimate of drug-likeness (QED) is 0.386. The summed E-state index contributed by atoms with van der Waals surface area (Å²) in [6, 6.07) is 0. The van der Waals surface area contributed by atoms with Gasteiger partial charge in [-0.15, -0.1) is 0 Å². The summed E-state index contributed by atoms with van der Waals surface area (Å²) in [6.45, 7) is 6.43. The number of hydrogen-bond acceptors (Lipinski definition) is 3. The average Bonchev–Trinajstić information content (AvgIpc) is 3.17. The molecule has 0 radical (unpaired) electrons. The number of amides is 1. The summed E-state index contributed by atoms with van der Waals surface area (Å²) in [5, 5.41) is 21.2. The molecule has 2 aliphatic carbocycles. The first-order chi connectivity index (χ1) is 13.7. The van der Waals surface area contributed by atoms with Crippen LogP contribution in [0.15, 0.2) is 23.8 Å². The molecule has 1 fully saturated rings. The average molecular weight is 406 g/mol. The standard InChI is InChI=1S/C25H43NO3/c1-6-7-14-25(2,3)23(28)13-12-20-21-16-18(15-19(21)17-22(20)27)10-8-9-11-24(29)26(4)5/h12-13,15,19-23,27-28H,6-11,14,16-17H2,1-5H3/b13-12+/t19-,20+,21-,22+,23+/m0/s1. The Morgan fingerprint density at radius 2 is 2.03 bits per heavy atom. The zero-order chi connectivity index (χ0) is 21.6.